The average Bonchev–Trinajstić information content (AvgIpc) is 2.56. The number of aryl methyl sites for hydroxylation is 2. The number of ether oxygens (including phenoxy) is 1. The summed E-state index contributed by atoms with van der Waals surface area (Å²) in [5.41, 5.74) is 15.7. The lowest BCUT2D eigenvalue weighted by atomic mass is 9.98. The number of hydrogen-bond acceptors (Lipinski definition) is 5. The van der Waals surface area contributed by atoms with Crippen LogP contribution >= 0.6 is 0 Å². The van der Waals surface area contributed by atoms with Crippen molar-refractivity contribution in [3.63, 3.8) is 0 Å². The van der Waals surface area contributed by atoms with Crippen molar-refractivity contribution in [1.82, 2.24) is 15.4 Å². The molecule has 0 aliphatic rings. The van der Waals surface area contributed by atoms with E-state index in [-0.39, 0.29) is 0 Å². The molecular weight excluding hydrogens is 300 g/mol. The van der Waals surface area contributed by atoms with Gasteiger partial charge in [-0.2, -0.15) is 0 Å². The van der Waals surface area contributed by atoms with Crippen LogP contribution in [0, 0.1) is 13.8 Å². The molecule has 0 unspecified atom stereocenters. The molecule has 0 radical (unpaired) electrons. The van der Waals surface area contributed by atoms with Crippen LogP contribution in [0.1, 0.15) is 23.7 Å². The van der Waals surface area contributed by atoms with Gasteiger partial charge in [0, 0.05) is 38.1 Å². The van der Waals surface area contributed by atoms with Crippen molar-refractivity contribution in [1.29, 1.82) is 0 Å². The van der Waals surface area contributed by atoms with Gasteiger partial charge in [-0.15, -0.1) is 0 Å². The fourth-order valence-electron chi connectivity index (χ4n) is 2.78. The van der Waals surface area contributed by atoms with Crippen molar-refractivity contribution in [2.75, 3.05) is 27.7 Å². The number of allylic oxidation sites excluding steroid dienone is 2. The van der Waals surface area contributed by atoms with Gasteiger partial charge in [0.25, 0.3) is 0 Å². The molecule has 1 aromatic rings. The summed E-state index contributed by atoms with van der Waals surface area (Å²) in [6.07, 6.45) is 4.43. The largest absolute Gasteiger partial charge is 0.496 e. The first-order valence-electron chi connectivity index (χ1n) is 8.02. The number of nitrogens with zero attached hydrogens (tertiary/aromatic N) is 2. The molecule has 0 saturated carbocycles. The Morgan fingerprint density at radius 3 is 2.58 bits per heavy atom. The van der Waals surface area contributed by atoms with Gasteiger partial charge in [0.2, 0.25) is 0 Å². The minimum Gasteiger partial charge on any atom is -0.496 e. The molecule has 0 aliphatic carbocycles. The van der Waals surface area contributed by atoms with Crippen LogP contribution in [0.25, 0.3) is 0 Å². The Morgan fingerprint density at radius 1 is 1.46 bits per heavy atom. The van der Waals surface area contributed by atoms with Gasteiger partial charge in [-0.3, -0.25) is 4.98 Å². The van der Waals surface area contributed by atoms with E-state index in [4.69, 9.17) is 10.5 Å². The molecule has 0 spiro atoms. The topological polar surface area (TPSA) is 63.4 Å². The third-order valence-corrected chi connectivity index (χ3v) is 4.08. The van der Waals surface area contributed by atoms with Crippen molar-refractivity contribution in [3.8, 4) is 0 Å². The van der Waals surface area contributed by atoms with E-state index >= 15 is 0 Å². The van der Waals surface area contributed by atoms with Crippen molar-refractivity contribution >= 4 is 0 Å². The lowest BCUT2D eigenvalue weighted by molar-refractivity contribution is 0.291. The maximum absolute atomic E-state index is 6.01. The third-order valence-electron chi connectivity index (χ3n) is 4.08. The SMILES string of the molecule is C=C/C(OC)=C(CN)/C(=C(\C)Cc1cnc(C)cc1C)N(C)NC. The zero-order valence-electron chi connectivity index (χ0n) is 15.7. The highest BCUT2D eigenvalue weighted by Gasteiger charge is 2.17. The molecule has 24 heavy (non-hydrogen) atoms. The van der Waals surface area contributed by atoms with Gasteiger partial charge in [0.15, 0.2) is 0 Å². The summed E-state index contributed by atoms with van der Waals surface area (Å²) >= 11 is 0. The molecule has 1 rings (SSSR count). The predicted molar refractivity (Wildman–Crippen MR) is 100 cm³/mol. The molecule has 0 saturated heterocycles. The van der Waals surface area contributed by atoms with E-state index in [2.05, 4.69) is 36.9 Å². The lowest BCUT2D eigenvalue weighted by Gasteiger charge is -2.27. The second-order valence-corrected chi connectivity index (χ2v) is 5.80. The Bertz CT molecular complexity index is 647. The van der Waals surface area contributed by atoms with Crippen LogP contribution in [0.4, 0.5) is 0 Å². The van der Waals surface area contributed by atoms with Crippen molar-refractivity contribution in [3.05, 3.63) is 64.3 Å². The second-order valence-electron chi connectivity index (χ2n) is 5.80. The second kappa shape index (κ2) is 9.25. The fraction of sp³-hybridized carbons (Fsp3) is 0.421. The van der Waals surface area contributed by atoms with Gasteiger partial charge in [-0.1, -0.05) is 6.58 Å². The zero-order chi connectivity index (χ0) is 18.3. The minimum atomic E-state index is 0.360. The van der Waals surface area contributed by atoms with Crippen molar-refractivity contribution < 1.29 is 4.74 Å². The number of rotatable bonds is 8. The molecule has 0 fully saturated rings. The number of pyridine rings is 1. The Labute approximate surface area is 145 Å². The first-order chi connectivity index (χ1) is 11.4. The standard InChI is InChI=1S/C19H30N4O/c1-8-18(24-7)17(11-20)19(23(6)21-5)14(3)10-16-12-22-15(4)9-13(16)2/h8-9,12,21H,1,10-11,20H2,2-7H3/b18-17-,19-14-. The van der Waals surface area contributed by atoms with Crippen LogP contribution < -0.4 is 11.2 Å². The summed E-state index contributed by atoms with van der Waals surface area (Å²) in [4.78, 5) is 4.42. The smallest absolute Gasteiger partial charge is 0.124 e. The van der Waals surface area contributed by atoms with E-state index in [1.54, 1.807) is 13.2 Å². The van der Waals surface area contributed by atoms with Gasteiger partial charge < -0.3 is 15.5 Å². The molecule has 5 heteroatoms. The first-order valence-corrected chi connectivity index (χ1v) is 8.02. The van der Waals surface area contributed by atoms with E-state index in [1.807, 2.05) is 32.2 Å². The maximum atomic E-state index is 6.01. The van der Waals surface area contributed by atoms with Crippen LogP contribution in [0.5, 0.6) is 0 Å². The summed E-state index contributed by atoms with van der Waals surface area (Å²) in [5, 5.41) is 1.96. The van der Waals surface area contributed by atoms with E-state index in [9.17, 15) is 0 Å². The molecular formula is C19H30N4O. The highest BCUT2D eigenvalue weighted by Crippen LogP contribution is 2.24. The molecule has 1 aromatic heterocycles. The third kappa shape index (κ3) is 4.69. The summed E-state index contributed by atoms with van der Waals surface area (Å²) in [6, 6.07) is 2.11. The summed E-state index contributed by atoms with van der Waals surface area (Å²) < 4.78 is 5.45. The van der Waals surface area contributed by atoms with E-state index in [0.717, 1.165) is 23.4 Å². The zero-order valence-corrected chi connectivity index (χ0v) is 15.7. The molecule has 0 aromatic carbocycles. The highest BCUT2D eigenvalue weighted by atomic mass is 16.5. The van der Waals surface area contributed by atoms with Crippen LogP contribution in [-0.4, -0.2) is 37.7 Å². The van der Waals surface area contributed by atoms with Crippen LogP contribution in [0.3, 0.4) is 0 Å². The lowest BCUT2D eigenvalue weighted by Crippen LogP contribution is -2.34. The molecule has 0 amide bonds. The number of hydrazine groups is 1. The maximum Gasteiger partial charge on any atom is 0.124 e. The predicted octanol–water partition coefficient (Wildman–Crippen LogP) is 2.63. The van der Waals surface area contributed by atoms with Crippen LogP contribution in [0.15, 0.2) is 47.5 Å². The molecule has 1 heterocycles. The van der Waals surface area contributed by atoms with Gasteiger partial charge >= 0.3 is 0 Å². The number of nitrogens with two attached hydrogens (primary N) is 1. The van der Waals surface area contributed by atoms with Gasteiger partial charge in [-0.25, -0.2) is 5.43 Å². The van der Waals surface area contributed by atoms with E-state index in [0.29, 0.717) is 12.3 Å². The first kappa shape index (κ1) is 19.9. The van der Waals surface area contributed by atoms with E-state index < -0.39 is 0 Å². The summed E-state index contributed by atoms with van der Waals surface area (Å²) in [6.45, 7) is 10.4. The molecule has 3 N–H and O–H groups in total. The van der Waals surface area contributed by atoms with Gasteiger partial charge in [0.05, 0.1) is 12.8 Å². The molecule has 132 valence electrons. The van der Waals surface area contributed by atoms with E-state index in [1.165, 1.54) is 16.7 Å². The fourth-order valence-corrected chi connectivity index (χ4v) is 2.78. The minimum absolute atomic E-state index is 0.360. The number of aromatic nitrogens is 1. The summed E-state index contributed by atoms with van der Waals surface area (Å²) in [7, 11) is 5.47. The van der Waals surface area contributed by atoms with Crippen molar-refractivity contribution in [2.24, 2.45) is 5.73 Å². The number of methoxy groups -OCH3 is 1. The molecule has 5 nitrogen and oxygen atoms in total. The monoisotopic (exact) mass is 330 g/mol. The molecule has 0 atom stereocenters. The number of nitrogens with one attached hydrogen (secondary N) is 1. The molecule has 0 aliphatic heterocycles. The van der Waals surface area contributed by atoms with Gasteiger partial charge in [0.1, 0.15) is 5.76 Å². The highest BCUT2D eigenvalue weighted by molar-refractivity contribution is 5.41. The Morgan fingerprint density at radius 2 is 2.12 bits per heavy atom. The molecule has 0 bridgehead atoms. The van der Waals surface area contributed by atoms with Crippen LogP contribution in [-0.2, 0) is 11.2 Å². The van der Waals surface area contributed by atoms with Crippen molar-refractivity contribution in [2.45, 2.75) is 27.2 Å². The van der Waals surface area contributed by atoms with Gasteiger partial charge in [-0.05, 0) is 56.0 Å². The number of hydrogen-bond donors (Lipinski definition) is 2. The Balaban J connectivity index is 3.43. The summed E-state index contributed by atoms with van der Waals surface area (Å²) in [5.74, 6) is 0.688. The Hall–Kier alpha value is -2.11. The normalized spacial score (nSPS) is 13.1. The quantitative estimate of drug-likeness (QED) is 0.436. The Kier molecular flexibility index (Phi) is 7.68. The number of likely N-dealkylation sites (N-methyl/N-ethyl adjacent to an activating group) is 1. The average molecular weight is 330 g/mol. The van der Waals surface area contributed by atoms with Crippen LogP contribution in [0.2, 0.25) is 0 Å².